The third-order valence-corrected chi connectivity index (χ3v) is 2.56. The van der Waals surface area contributed by atoms with Crippen molar-refractivity contribution in [3.63, 3.8) is 0 Å². The number of hydrogen-bond donors (Lipinski definition) is 2. The van der Waals surface area contributed by atoms with Crippen LogP contribution in [0.5, 0.6) is 0 Å². The van der Waals surface area contributed by atoms with Crippen molar-refractivity contribution in [3.05, 3.63) is 0 Å². The van der Waals surface area contributed by atoms with Gasteiger partial charge in [-0.25, -0.2) is 4.79 Å². The Kier molecular flexibility index (Phi) is 6.24. The lowest BCUT2D eigenvalue weighted by atomic mass is 10.1. The Morgan fingerprint density at radius 1 is 1.40 bits per heavy atom. The van der Waals surface area contributed by atoms with E-state index in [0.29, 0.717) is 18.1 Å². The van der Waals surface area contributed by atoms with Gasteiger partial charge < -0.3 is 16.0 Å². The van der Waals surface area contributed by atoms with Crippen LogP contribution >= 0.6 is 12.2 Å². The van der Waals surface area contributed by atoms with Crippen molar-refractivity contribution >= 4 is 23.2 Å². The van der Waals surface area contributed by atoms with Crippen LogP contribution in [0.3, 0.4) is 0 Å². The molecular weight excluding hydrogens is 210 g/mol. The van der Waals surface area contributed by atoms with Crippen LogP contribution in [0, 0.1) is 5.92 Å². The summed E-state index contributed by atoms with van der Waals surface area (Å²) in [6.07, 6.45) is 0. The number of thiocarbonyl (C=S) groups is 1. The van der Waals surface area contributed by atoms with Crippen LogP contribution in [0.2, 0.25) is 0 Å². The molecular formula is C10H21N3OS. The smallest absolute Gasteiger partial charge is 0.317 e. The Morgan fingerprint density at radius 3 is 2.13 bits per heavy atom. The first-order valence-corrected chi connectivity index (χ1v) is 5.69. The Balaban J connectivity index is 4.41. The van der Waals surface area contributed by atoms with Gasteiger partial charge in [0.2, 0.25) is 0 Å². The zero-order chi connectivity index (χ0) is 12.0. The van der Waals surface area contributed by atoms with E-state index in [-0.39, 0.29) is 18.0 Å². The predicted molar refractivity (Wildman–Crippen MR) is 66.9 cm³/mol. The van der Waals surface area contributed by atoms with E-state index in [2.05, 4.69) is 5.32 Å². The van der Waals surface area contributed by atoms with Crippen molar-refractivity contribution in [2.45, 2.75) is 33.7 Å². The molecule has 0 radical (unpaired) electrons. The molecule has 0 aliphatic rings. The summed E-state index contributed by atoms with van der Waals surface area (Å²) in [4.78, 5) is 13.8. The molecule has 0 heterocycles. The summed E-state index contributed by atoms with van der Waals surface area (Å²) < 4.78 is 0. The third kappa shape index (κ3) is 4.46. The van der Waals surface area contributed by atoms with Crippen LogP contribution in [0.15, 0.2) is 0 Å². The number of amides is 2. The second-order valence-corrected chi connectivity index (χ2v) is 4.22. The molecule has 0 saturated heterocycles. The van der Waals surface area contributed by atoms with Gasteiger partial charge in [-0.1, -0.05) is 26.1 Å². The summed E-state index contributed by atoms with van der Waals surface area (Å²) in [5.74, 6) is 0.210. The topological polar surface area (TPSA) is 58.4 Å². The quantitative estimate of drug-likeness (QED) is 0.702. The molecule has 0 aromatic carbocycles. The molecule has 1 atom stereocenters. The van der Waals surface area contributed by atoms with Gasteiger partial charge in [0, 0.05) is 13.1 Å². The van der Waals surface area contributed by atoms with E-state index in [4.69, 9.17) is 18.0 Å². The Hall–Kier alpha value is -0.840. The lowest BCUT2D eigenvalue weighted by Crippen LogP contribution is -2.51. The van der Waals surface area contributed by atoms with E-state index in [1.54, 1.807) is 4.90 Å². The van der Waals surface area contributed by atoms with Gasteiger partial charge in [-0.3, -0.25) is 0 Å². The summed E-state index contributed by atoms with van der Waals surface area (Å²) in [5, 5.41) is 2.84. The molecule has 0 rings (SSSR count). The van der Waals surface area contributed by atoms with Gasteiger partial charge in [-0.2, -0.15) is 0 Å². The van der Waals surface area contributed by atoms with Crippen molar-refractivity contribution < 1.29 is 4.79 Å². The van der Waals surface area contributed by atoms with E-state index >= 15 is 0 Å². The first-order valence-electron chi connectivity index (χ1n) is 5.28. The van der Waals surface area contributed by atoms with Crippen molar-refractivity contribution in [1.29, 1.82) is 0 Å². The summed E-state index contributed by atoms with van der Waals surface area (Å²) in [6.45, 7) is 9.20. The van der Waals surface area contributed by atoms with Crippen LogP contribution in [-0.2, 0) is 0 Å². The molecule has 4 nitrogen and oxygen atoms in total. The second kappa shape index (κ2) is 6.61. The number of nitrogens with two attached hydrogens (primary N) is 1. The number of hydrogen-bond acceptors (Lipinski definition) is 2. The minimum Gasteiger partial charge on any atom is -0.392 e. The van der Waals surface area contributed by atoms with Crippen LogP contribution in [0.25, 0.3) is 0 Å². The average Bonchev–Trinajstić information content (AvgIpc) is 2.15. The van der Waals surface area contributed by atoms with Crippen LogP contribution < -0.4 is 11.1 Å². The van der Waals surface area contributed by atoms with E-state index in [0.717, 1.165) is 0 Å². The fourth-order valence-electron chi connectivity index (χ4n) is 1.30. The summed E-state index contributed by atoms with van der Waals surface area (Å²) in [5.41, 5.74) is 5.57. The molecule has 0 bridgehead atoms. The van der Waals surface area contributed by atoms with Crippen LogP contribution in [0.4, 0.5) is 4.79 Å². The highest BCUT2D eigenvalue weighted by Gasteiger charge is 2.20. The molecule has 15 heavy (non-hydrogen) atoms. The first-order chi connectivity index (χ1) is 6.93. The van der Waals surface area contributed by atoms with Crippen molar-refractivity contribution in [1.82, 2.24) is 10.2 Å². The number of urea groups is 1. The zero-order valence-electron chi connectivity index (χ0n) is 9.91. The summed E-state index contributed by atoms with van der Waals surface area (Å²) in [7, 11) is 0. The van der Waals surface area contributed by atoms with Gasteiger partial charge in [0.05, 0.1) is 11.0 Å². The van der Waals surface area contributed by atoms with E-state index < -0.39 is 0 Å². The van der Waals surface area contributed by atoms with E-state index in [1.165, 1.54) is 0 Å². The number of carbonyl (C=O) groups excluding carboxylic acids is 1. The highest BCUT2D eigenvalue weighted by atomic mass is 32.1. The Labute approximate surface area is 97.2 Å². The molecule has 0 saturated carbocycles. The van der Waals surface area contributed by atoms with Crippen molar-refractivity contribution in [2.75, 3.05) is 13.1 Å². The minimum atomic E-state index is -0.229. The highest BCUT2D eigenvalue weighted by Crippen LogP contribution is 2.03. The molecule has 0 aliphatic heterocycles. The van der Waals surface area contributed by atoms with Crippen LogP contribution in [0.1, 0.15) is 27.7 Å². The molecule has 0 spiro atoms. The van der Waals surface area contributed by atoms with Crippen LogP contribution in [-0.4, -0.2) is 35.1 Å². The maximum absolute atomic E-state index is 11.7. The van der Waals surface area contributed by atoms with Crippen molar-refractivity contribution in [2.24, 2.45) is 11.7 Å². The molecule has 0 aromatic rings. The number of nitrogens with zero attached hydrogens (tertiary/aromatic N) is 1. The lowest BCUT2D eigenvalue weighted by Gasteiger charge is -2.26. The molecule has 0 fully saturated rings. The molecule has 3 N–H and O–H groups in total. The molecule has 5 heteroatoms. The molecule has 1 unspecified atom stereocenters. The third-order valence-electron chi connectivity index (χ3n) is 2.30. The predicted octanol–water partition coefficient (Wildman–Crippen LogP) is 1.35. The van der Waals surface area contributed by atoms with Crippen molar-refractivity contribution in [3.8, 4) is 0 Å². The van der Waals surface area contributed by atoms with E-state index in [9.17, 15) is 4.79 Å². The monoisotopic (exact) mass is 231 g/mol. The standard InChI is InChI=1S/C10H21N3OS/c1-5-13(6-2)10(14)12-8(7(3)4)9(11)15/h7-8H,5-6H2,1-4H3,(H2,11,15)(H,12,14). The Morgan fingerprint density at radius 2 is 1.87 bits per heavy atom. The average molecular weight is 231 g/mol. The molecule has 0 aromatic heterocycles. The number of rotatable bonds is 5. The number of nitrogens with one attached hydrogen (secondary N) is 1. The van der Waals surface area contributed by atoms with Gasteiger partial charge in [-0.15, -0.1) is 0 Å². The molecule has 88 valence electrons. The fraction of sp³-hybridized carbons (Fsp3) is 0.800. The van der Waals surface area contributed by atoms with Gasteiger partial charge in [0.1, 0.15) is 0 Å². The molecule has 0 aliphatic carbocycles. The normalized spacial score (nSPS) is 12.3. The van der Waals surface area contributed by atoms with Gasteiger partial charge in [-0.05, 0) is 19.8 Å². The maximum Gasteiger partial charge on any atom is 0.317 e. The minimum absolute atomic E-state index is 0.105. The summed E-state index contributed by atoms with van der Waals surface area (Å²) >= 11 is 4.92. The Bertz CT molecular complexity index is 227. The number of carbonyl (C=O) groups is 1. The SMILES string of the molecule is CCN(CC)C(=O)NC(C(N)=S)C(C)C. The molecule has 2 amide bonds. The fourth-order valence-corrected chi connectivity index (χ4v) is 1.63. The second-order valence-electron chi connectivity index (χ2n) is 3.75. The van der Waals surface area contributed by atoms with Gasteiger partial charge >= 0.3 is 6.03 Å². The van der Waals surface area contributed by atoms with E-state index in [1.807, 2.05) is 27.7 Å². The summed E-state index contributed by atoms with van der Waals surface area (Å²) in [6, 6.07) is -0.334. The highest BCUT2D eigenvalue weighted by molar-refractivity contribution is 7.80. The lowest BCUT2D eigenvalue weighted by molar-refractivity contribution is 0.199. The zero-order valence-corrected chi connectivity index (χ0v) is 10.7. The van der Waals surface area contributed by atoms with Gasteiger partial charge in [0.15, 0.2) is 0 Å². The maximum atomic E-state index is 11.7. The first kappa shape index (κ1) is 14.2. The van der Waals surface area contributed by atoms with Gasteiger partial charge in [0.25, 0.3) is 0 Å². The largest absolute Gasteiger partial charge is 0.392 e.